The normalized spacial score (nSPS) is 15.4. The Morgan fingerprint density at radius 2 is 2.06 bits per heavy atom. The number of hydrogen-bond acceptors (Lipinski definition) is 2. The largest absolute Gasteiger partial charge is 0.342 e. The maximum atomic E-state index is 4.49. The lowest BCUT2D eigenvalue weighted by molar-refractivity contribution is 0.629. The number of hydrogen-bond donors (Lipinski definition) is 0. The minimum Gasteiger partial charge on any atom is -0.342 e. The molecule has 84 valence electrons. The van der Waals surface area contributed by atoms with Crippen molar-refractivity contribution in [1.29, 1.82) is 0 Å². The molecule has 2 heterocycles. The van der Waals surface area contributed by atoms with Crippen molar-refractivity contribution in [3.05, 3.63) is 23.3 Å². The minimum atomic E-state index is 1.03. The summed E-state index contributed by atoms with van der Waals surface area (Å²) < 4.78 is 2.42. The molecule has 0 amide bonds. The molecule has 0 saturated carbocycles. The van der Waals surface area contributed by atoms with E-state index in [4.69, 9.17) is 0 Å². The van der Waals surface area contributed by atoms with Crippen molar-refractivity contribution in [3.63, 3.8) is 0 Å². The molecule has 3 nitrogen and oxygen atoms in total. The summed E-state index contributed by atoms with van der Waals surface area (Å²) in [5, 5.41) is 0. The standard InChI is InChI=1S/C13H17N3/c1-3-16-11-7-5-4-6-10(11)12-13(16)9(2)14-8-15-12/h8H,3-7H2,1-2H3. The van der Waals surface area contributed by atoms with E-state index in [1.165, 1.54) is 48.0 Å². The average Bonchev–Trinajstić information content (AvgIpc) is 2.65. The van der Waals surface area contributed by atoms with Crippen LogP contribution in [-0.4, -0.2) is 14.5 Å². The lowest BCUT2D eigenvalue weighted by Crippen LogP contribution is -2.07. The Morgan fingerprint density at radius 1 is 1.25 bits per heavy atom. The summed E-state index contributed by atoms with van der Waals surface area (Å²) in [5.41, 5.74) is 6.56. The molecule has 2 aromatic rings. The summed E-state index contributed by atoms with van der Waals surface area (Å²) in [4.78, 5) is 8.82. The van der Waals surface area contributed by atoms with Gasteiger partial charge in [0.1, 0.15) is 6.33 Å². The van der Waals surface area contributed by atoms with E-state index in [1.54, 1.807) is 6.33 Å². The molecule has 0 aliphatic heterocycles. The summed E-state index contributed by atoms with van der Waals surface area (Å²) in [5.74, 6) is 0. The molecule has 16 heavy (non-hydrogen) atoms. The van der Waals surface area contributed by atoms with Gasteiger partial charge in [0.15, 0.2) is 0 Å². The maximum Gasteiger partial charge on any atom is 0.116 e. The van der Waals surface area contributed by atoms with Gasteiger partial charge in [-0.15, -0.1) is 0 Å². The zero-order valence-electron chi connectivity index (χ0n) is 9.95. The zero-order chi connectivity index (χ0) is 11.1. The van der Waals surface area contributed by atoms with Gasteiger partial charge in [-0.2, -0.15) is 0 Å². The van der Waals surface area contributed by atoms with Crippen molar-refractivity contribution in [2.45, 2.75) is 46.1 Å². The molecular weight excluding hydrogens is 198 g/mol. The molecule has 0 aromatic carbocycles. The van der Waals surface area contributed by atoms with Gasteiger partial charge in [-0.25, -0.2) is 9.97 Å². The number of aryl methyl sites for hydroxylation is 3. The van der Waals surface area contributed by atoms with Gasteiger partial charge in [0, 0.05) is 12.2 Å². The molecule has 0 bridgehead atoms. The SMILES string of the molecule is CCn1c2c(c3ncnc(C)c31)CCCC2. The van der Waals surface area contributed by atoms with Crippen molar-refractivity contribution in [3.8, 4) is 0 Å². The van der Waals surface area contributed by atoms with Crippen molar-refractivity contribution in [2.24, 2.45) is 0 Å². The highest BCUT2D eigenvalue weighted by molar-refractivity contribution is 5.83. The van der Waals surface area contributed by atoms with Gasteiger partial charge in [0.05, 0.1) is 16.7 Å². The van der Waals surface area contributed by atoms with Gasteiger partial charge in [-0.3, -0.25) is 0 Å². The Kier molecular flexibility index (Phi) is 2.20. The first-order valence-corrected chi connectivity index (χ1v) is 6.14. The maximum absolute atomic E-state index is 4.49. The third-order valence-corrected chi connectivity index (χ3v) is 3.64. The van der Waals surface area contributed by atoms with Gasteiger partial charge in [0.25, 0.3) is 0 Å². The van der Waals surface area contributed by atoms with E-state index in [1.807, 2.05) is 0 Å². The molecular formula is C13H17N3. The second kappa shape index (κ2) is 3.58. The van der Waals surface area contributed by atoms with Crippen LogP contribution >= 0.6 is 0 Å². The highest BCUT2D eigenvalue weighted by Crippen LogP contribution is 2.31. The third-order valence-electron chi connectivity index (χ3n) is 3.64. The van der Waals surface area contributed by atoms with Crippen LogP contribution in [0.5, 0.6) is 0 Å². The molecule has 0 fully saturated rings. The quantitative estimate of drug-likeness (QED) is 0.732. The van der Waals surface area contributed by atoms with Crippen molar-refractivity contribution in [1.82, 2.24) is 14.5 Å². The molecule has 0 atom stereocenters. The highest BCUT2D eigenvalue weighted by Gasteiger charge is 2.21. The Balaban J connectivity index is 2.42. The van der Waals surface area contributed by atoms with Crippen LogP contribution < -0.4 is 0 Å². The van der Waals surface area contributed by atoms with E-state index in [0.29, 0.717) is 0 Å². The van der Waals surface area contributed by atoms with Crippen LogP contribution in [-0.2, 0) is 19.4 Å². The monoisotopic (exact) mass is 215 g/mol. The smallest absolute Gasteiger partial charge is 0.116 e. The van der Waals surface area contributed by atoms with Crippen LogP contribution in [0.2, 0.25) is 0 Å². The highest BCUT2D eigenvalue weighted by atomic mass is 15.0. The van der Waals surface area contributed by atoms with Crippen molar-refractivity contribution in [2.75, 3.05) is 0 Å². The fraction of sp³-hybridized carbons (Fsp3) is 0.538. The molecule has 0 saturated heterocycles. The van der Waals surface area contributed by atoms with Crippen LogP contribution in [0.4, 0.5) is 0 Å². The van der Waals surface area contributed by atoms with Gasteiger partial charge < -0.3 is 4.57 Å². The molecule has 0 spiro atoms. The molecule has 0 N–H and O–H groups in total. The van der Waals surface area contributed by atoms with Crippen molar-refractivity contribution >= 4 is 11.0 Å². The second-order valence-corrected chi connectivity index (χ2v) is 4.53. The molecule has 1 aliphatic rings. The van der Waals surface area contributed by atoms with Crippen LogP contribution in [0, 0.1) is 6.92 Å². The summed E-state index contributed by atoms with van der Waals surface area (Å²) in [6.07, 6.45) is 6.72. The number of rotatable bonds is 1. The Hall–Kier alpha value is -1.38. The van der Waals surface area contributed by atoms with Gasteiger partial charge in [-0.1, -0.05) is 0 Å². The van der Waals surface area contributed by atoms with E-state index < -0.39 is 0 Å². The molecule has 3 rings (SSSR count). The summed E-state index contributed by atoms with van der Waals surface area (Å²) >= 11 is 0. The molecule has 2 aromatic heterocycles. The third kappa shape index (κ3) is 1.20. The summed E-state index contributed by atoms with van der Waals surface area (Å²) in [7, 11) is 0. The van der Waals surface area contributed by atoms with E-state index in [-0.39, 0.29) is 0 Å². The lowest BCUT2D eigenvalue weighted by Gasteiger charge is -2.14. The fourth-order valence-electron chi connectivity index (χ4n) is 2.94. The summed E-state index contributed by atoms with van der Waals surface area (Å²) in [6, 6.07) is 0. The van der Waals surface area contributed by atoms with Gasteiger partial charge >= 0.3 is 0 Å². The van der Waals surface area contributed by atoms with Crippen LogP contribution in [0.25, 0.3) is 11.0 Å². The van der Waals surface area contributed by atoms with Crippen LogP contribution in [0.1, 0.15) is 36.7 Å². The molecule has 1 aliphatic carbocycles. The predicted molar refractivity (Wildman–Crippen MR) is 64.6 cm³/mol. The van der Waals surface area contributed by atoms with Gasteiger partial charge in [0.2, 0.25) is 0 Å². The van der Waals surface area contributed by atoms with Crippen molar-refractivity contribution < 1.29 is 0 Å². The topological polar surface area (TPSA) is 30.7 Å². The Morgan fingerprint density at radius 3 is 2.88 bits per heavy atom. The predicted octanol–water partition coefficient (Wildman–Crippen LogP) is 2.64. The average molecular weight is 215 g/mol. The van der Waals surface area contributed by atoms with E-state index in [2.05, 4.69) is 28.4 Å². The molecule has 3 heteroatoms. The minimum absolute atomic E-state index is 1.03. The first-order chi connectivity index (χ1) is 7.83. The molecule has 0 unspecified atom stereocenters. The van der Waals surface area contributed by atoms with E-state index in [0.717, 1.165) is 12.2 Å². The lowest BCUT2D eigenvalue weighted by atomic mass is 9.97. The zero-order valence-corrected chi connectivity index (χ0v) is 9.95. The number of aromatic nitrogens is 3. The second-order valence-electron chi connectivity index (χ2n) is 4.53. The van der Waals surface area contributed by atoms with Crippen LogP contribution in [0.3, 0.4) is 0 Å². The fourth-order valence-corrected chi connectivity index (χ4v) is 2.94. The Bertz CT molecular complexity index is 540. The van der Waals surface area contributed by atoms with E-state index in [9.17, 15) is 0 Å². The number of fused-ring (bicyclic) bond motifs is 3. The van der Waals surface area contributed by atoms with Crippen LogP contribution in [0.15, 0.2) is 6.33 Å². The van der Waals surface area contributed by atoms with Gasteiger partial charge in [-0.05, 0) is 45.1 Å². The number of nitrogens with zero attached hydrogens (tertiary/aromatic N) is 3. The molecule has 0 radical (unpaired) electrons. The first kappa shape index (κ1) is 9.82. The summed E-state index contributed by atoms with van der Waals surface area (Å²) in [6.45, 7) is 5.32. The van der Waals surface area contributed by atoms with E-state index >= 15 is 0 Å². The Labute approximate surface area is 95.5 Å². The first-order valence-electron chi connectivity index (χ1n) is 6.14.